The van der Waals surface area contributed by atoms with Crippen LogP contribution in [0.25, 0.3) is 0 Å². The summed E-state index contributed by atoms with van der Waals surface area (Å²) in [5.74, 6) is -1.04. The van der Waals surface area contributed by atoms with Gasteiger partial charge in [0.05, 0.1) is 21.4 Å². The van der Waals surface area contributed by atoms with Crippen LogP contribution in [0.3, 0.4) is 0 Å². The fourth-order valence-electron chi connectivity index (χ4n) is 2.35. The van der Waals surface area contributed by atoms with Crippen molar-refractivity contribution in [1.82, 2.24) is 9.78 Å². The Morgan fingerprint density at radius 3 is 1.86 bits per heavy atom. The number of nitrogens with zero attached hydrogens (tertiary/aromatic N) is 2. The second-order valence-electron chi connectivity index (χ2n) is 5.70. The summed E-state index contributed by atoms with van der Waals surface area (Å²) in [4.78, 5) is 25.0. The first kappa shape index (κ1) is 20.5. The number of carbonyl (C=O) groups is 2. The summed E-state index contributed by atoms with van der Waals surface area (Å²) in [5.41, 5.74) is 0.859. The van der Waals surface area contributed by atoms with E-state index in [1.165, 1.54) is 29.9 Å². The zero-order chi connectivity index (χ0) is 20.4. The SMILES string of the molecule is Cn1nc(C(=O)Nc2cc(Cl)ccc2Cl)cc1C(=O)Nc1cc(Cl)ccc1Cl. The minimum Gasteiger partial charge on any atom is -0.319 e. The van der Waals surface area contributed by atoms with E-state index < -0.39 is 11.8 Å². The summed E-state index contributed by atoms with van der Waals surface area (Å²) in [7, 11) is 1.54. The number of anilines is 2. The number of aryl methyl sites for hydroxylation is 1. The first-order valence-corrected chi connectivity index (χ1v) is 9.32. The minimum atomic E-state index is -0.542. The molecule has 0 saturated carbocycles. The number of nitrogens with one attached hydrogen (secondary N) is 2. The molecule has 3 rings (SSSR count). The molecule has 3 aromatic rings. The molecule has 0 saturated heterocycles. The Hall–Kier alpha value is -2.25. The van der Waals surface area contributed by atoms with Crippen molar-refractivity contribution in [3.05, 3.63) is 73.9 Å². The third kappa shape index (κ3) is 4.59. The molecule has 6 nitrogen and oxygen atoms in total. The second kappa shape index (κ2) is 8.41. The molecule has 0 unspecified atom stereocenters. The van der Waals surface area contributed by atoms with Gasteiger partial charge in [0.1, 0.15) is 5.69 Å². The maximum Gasteiger partial charge on any atom is 0.276 e. The monoisotopic (exact) mass is 456 g/mol. The Balaban J connectivity index is 1.80. The van der Waals surface area contributed by atoms with E-state index in [9.17, 15) is 9.59 Å². The summed E-state index contributed by atoms with van der Waals surface area (Å²) >= 11 is 23.9. The van der Waals surface area contributed by atoms with Gasteiger partial charge in [-0.3, -0.25) is 14.3 Å². The number of aromatic nitrogens is 2. The number of benzene rings is 2. The number of carbonyl (C=O) groups excluding carboxylic acids is 2. The van der Waals surface area contributed by atoms with E-state index in [1.54, 1.807) is 24.3 Å². The molecule has 0 fully saturated rings. The van der Waals surface area contributed by atoms with E-state index >= 15 is 0 Å². The lowest BCUT2D eigenvalue weighted by molar-refractivity contribution is 0.101. The highest BCUT2D eigenvalue weighted by atomic mass is 35.5. The van der Waals surface area contributed by atoms with Gasteiger partial charge in [-0.25, -0.2) is 0 Å². The molecular formula is C18H12Cl4N4O2. The number of hydrogen-bond donors (Lipinski definition) is 2. The van der Waals surface area contributed by atoms with Crippen LogP contribution in [0.1, 0.15) is 21.0 Å². The standard InChI is InChI=1S/C18H12Cl4N4O2/c1-26-16(18(28)24-14-7-10(20)3-5-12(14)22)8-15(25-26)17(27)23-13-6-9(19)2-4-11(13)21/h2-8H,1H3,(H,23,27)(H,24,28). The Morgan fingerprint density at radius 2 is 1.32 bits per heavy atom. The van der Waals surface area contributed by atoms with Gasteiger partial charge in [-0.1, -0.05) is 46.4 Å². The molecule has 2 N–H and O–H groups in total. The van der Waals surface area contributed by atoms with E-state index in [2.05, 4.69) is 15.7 Å². The molecule has 0 aliphatic rings. The van der Waals surface area contributed by atoms with Crippen molar-refractivity contribution < 1.29 is 9.59 Å². The number of halogens is 4. The lowest BCUT2D eigenvalue weighted by atomic mass is 10.2. The lowest BCUT2D eigenvalue weighted by Gasteiger charge is -2.07. The first-order chi connectivity index (χ1) is 13.2. The highest BCUT2D eigenvalue weighted by Crippen LogP contribution is 2.27. The minimum absolute atomic E-state index is 0.0286. The topological polar surface area (TPSA) is 76.0 Å². The molecule has 0 radical (unpaired) electrons. The van der Waals surface area contributed by atoms with Gasteiger partial charge in [0.25, 0.3) is 11.8 Å². The van der Waals surface area contributed by atoms with Crippen molar-refractivity contribution in [2.24, 2.45) is 7.05 Å². The average molecular weight is 458 g/mol. The van der Waals surface area contributed by atoms with Crippen LogP contribution < -0.4 is 10.6 Å². The Morgan fingerprint density at radius 1 is 0.821 bits per heavy atom. The fraction of sp³-hybridized carbons (Fsp3) is 0.0556. The van der Waals surface area contributed by atoms with Gasteiger partial charge < -0.3 is 10.6 Å². The number of rotatable bonds is 4. The van der Waals surface area contributed by atoms with Crippen LogP contribution in [-0.2, 0) is 7.05 Å². The molecule has 0 atom stereocenters. The Bertz CT molecular complexity index is 1080. The Kier molecular flexibility index (Phi) is 6.15. The van der Waals surface area contributed by atoms with E-state index in [-0.39, 0.29) is 11.4 Å². The third-order valence-electron chi connectivity index (χ3n) is 3.70. The van der Waals surface area contributed by atoms with E-state index in [0.717, 1.165) is 0 Å². The molecule has 2 amide bonds. The van der Waals surface area contributed by atoms with Crippen molar-refractivity contribution in [2.75, 3.05) is 10.6 Å². The normalized spacial score (nSPS) is 10.6. The smallest absolute Gasteiger partial charge is 0.276 e. The quantitative estimate of drug-likeness (QED) is 0.540. The van der Waals surface area contributed by atoms with Crippen LogP contribution >= 0.6 is 46.4 Å². The molecule has 10 heteroatoms. The number of amides is 2. The lowest BCUT2D eigenvalue weighted by Crippen LogP contribution is -2.16. The molecule has 0 aliphatic carbocycles. The highest BCUT2D eigenvalue weighted by molar-refractivity contribution is 6.36. The predicted octanol–water partition coefficient (Wildman–Crippen LogP) is 5.54. The predicted molar refractivity (Wildman–Crippen MR) is 112 cm³/mol. The summed E-state index contributed by atoms with van der Waals surface area (Å²) in [6.07, 6.45) is 0. The van der Waals surface area contributed by atoms with Crippen LogP contribution in [0.15, 0.2) is 42.5 Å². The molecule has 144 valence electrons. The van der Waals surface area contributed by atoms with Crippen LogP contribution in [0.5, 0.6) is 0 Å². The number of hydrogen-bond acceptors (Lipinski definition) is 3. The van der Waals surface area contributed by atoms with Gasteiger partial charge in [-0.05, 0) is 36.4 Å². The fourth-order valence-corrected chi connectivity index (χ4v) is 3.02. The van der Waals surface area contributed by atoms with Crippen LogP contribution in [0, 0.1) is 0 Å². The van der Waals surface area contributed by atoms with Gasteiger partial charge >= 0.3 is 0 Å². The summed E-state index contributed by atoms with van der Waals surface area (Å²) in [6.45, 7) is 0. The Labute approximate surface area is 180 Å². The summed E-state index contributed by atoms with van der Waals surface area (Å²) < 4.78 is 1.28. The molecule has 0 aliphatic heterocycles. The van der Waals surface area contributed by atoms with Crippen molar-refractivity contribution in [3.8, 4) is 0 Å². The first-order valence-electron chi connectivity index (χ1n) is 7.81. The van der Waals surface area contributed by atoms with Crippen LogP contribution in [-0.4, -0.2) is 21.6 Å². The molecule has 0 spiro atoms. The van der Waals surface area contributed by atoms with E-state index in [0.29, 0.717) is 31.5 Å². The van der Waals surface area contributed by atoms with E-state index in [1.807, 2.05) is 0 Å². The molecule has 1 heterocycles. The molecule has 1 aromatic heterocycles. The molecular weight excluding hydrogens is 446 g/mol. The van der Waals surface area contributed by atoms with Crippen LogP contribution in [0.4, 0.5) is 11.4 Å². The molecule has 0 bridgehead atoms. The van der Waals surface area contributed by atoms with Crippen molar-refractivity contribution >= 4 is 69.6 Å². The van der Waals surface area contributed by atoms with Gasteiger partial charge in [-0.2, -0.15) is 5.10 Å². The molecule has 28 heavy (non-hydrogen) atoms. The second-order valence-corrected chi connectivity index (χ2v) is 7.38. The summed E-state index contributed by atoms with van der Waals surface area (Å²) in [5, 5.41) is 10.8. The van der Waals surface area contributed by atoms with Gasteiger partial charge in [0, 0.05) is 23.2 Å². The summed E-state index contributed by atoms with van der Waals surface area (Å²) in [6, 6.07) is 10.7. The van der Waals surface area contributed by atoms with Gasteiger partial charge in [0.15, 0.2) is 5.69 Å². The van der Waals surface area contributed by atoms with Gasteiger partial charge in [-0.15, -0.1) is 0 Å². The van der Waals surface area contributed by atoms with Crippen LogP contribution in [0.2, 0.25) is 20.1 Å². The van der Waals surface area contributed by atoms with Crippen molar-refractivity contribution in [1.29, 1.82) is 0 Å². The molecule has 2 aromatic carbocycles. The van der Waals surface area contributed by atoms with E-state index in [4.69, 9.17) is 46.4 Å². The zero-order valence-corrected chi connectivity index (χ0v) is 17.3. The largest absolute Gasteiger partial charge is 0.319 e. The van der Waals surface area contributed by atoms with Crippen molar-refractivity contribution in [2.45, 2.75) is 0 Å². The third-order valence-corrected chi connectivity index (χ3v) is 4.83. The van der Waals surface area contributed by atoms with Crippen molar-refractivity contribution in [3.63, 3.8) is 0 Å². The van der Waals surface area contributed by atoms with Gasteiger partial charge in [0.2, 0.25) is 0 Å². The average Bonchev–Trinajstić information content (AvgIpc) is 3.03. The highest BCUT2D eigenvalue weighted by Gasteiger charge is 2.19. The maximum atomic E-state index is 12.5. The zero-order valence-electron chi connectivity index (χ0n) is 14.3. The maximum absolute atomic E-state index is 12.5.